The van der Waals surface area contributed by atoms with E-state index in [-0.39, 0.29) is 23.8 Å². The molecule has 0 aliphatic carbocycles. The van der Waals surface area contributed by atoms with Crippen molar-refractivity contribution in [3.05, 3.63) is 78.2 Å². The second-order valence-electron chi connectivity index (χ2n) is 8.65. The molecule has 4 aromatic rings. The quantitative estimate of drug-likeness (QED) is 0.315. The number of amides is 1. The number of fused-ring (bicyclic) bond motifs is 1. The number of aromatic amines is 1. The van der Waals surface area contributed by atoms with Crippen LogP contribution in [0.1, 0.15) is 22.3 Å². The number of rotatable bonds is 7. The number of likely N-dealkylation sites (tertiary alicyclic amines) is 1. The first-order chi connectivity index (χ1) is 17.2. The number of hydrogen-bond donors (Lipinski definition) is 2. The molecule has 2 fully saturated rings. The minimum Gasteiger partial charge on any atom is -0.457 e. The van der Waals surface area contributed by atoms with Crippen LogP contribution in [0.15, 0.2) is 67.1 Å². The third-order valence-electron chi connectivity index (χ3n) is 6.26. The Balaban J connectivity index is 1.21. The molecule has 2 aliphatic rings. The highest BCUT2D eigenvalue weighted by atomic mass is 16.6. The minimum absolute atomic E-state index is 0.0306. The molecule has 0 spiro atoms. The molecule has 9 nitrogen and oxygen atoms in total. The van der Waals surface area contributed by atoms with E-state index in [4.69, 9.17) is 9.47 Å². The van der Waals surface area contributed by atoms with Gasteiger partial charge in [-0.15, -0.1) is 0 Å². The third kappa shape index (κ3) is 4.33. The Morgan fingerprint density at radius 3 is 2.60 bits per heavy atom. The van der Waals surface area contributed by atoms with Crippen molar-refractivity contribution in [3.8, 4) is 11.5 Å². The Hall–Kier alpha value is -4.24. The van der Waals surface area contributed by atoms with E-state index in [1.807, 2.05) is 35.2 Å². The fourth-order valence-corrected chi connectivity index (χ4v) is 4.37. The molecule has 35 heavy (non-hydrogen) atoms. The molecule has 2 aromatic carbocycles. The number of hydrogen-bond acceptors (Lipinski definition) is 7. The molecule has 2 aliphatic heterocycles. The molecule has 176 valence electrons. The largest absolute Gasteiger partial charge is 0.457 e. The molecule has 6 rings (SSSR count). The lowest BCUT2D eigenvalue weighted by Gasteiger charge is -2.17. The van der Waals surface area contributed by atoms with Crippen molar-refractivity contribution in [1.82, 2.24) is 19.9 Å². The Kier molecular flexibility index (Phi) is 5.38. The van der Waals surface area contributed by atoms with Crippen molar-refractivity contribution in [1.29, 1.82) is 0 Å². The van der Waals surface area contributed by atoms with Gasteiger partial charge in [-0.3, -0.25) is 9.59 Å². The molecule has 2 saturated heterocycles. The lowest BCUT2D eigenvalue weighted by Crippen LogP contribution is -2.34. The Morgan fingerprint density at radius 1 is 1.06 bits per heavy atom. The van der Waals surface area contributed by atoms with Crippen LogP contribution in [-0.4, -0.2) is 63.4 Å². The summed E-state index contributed by atoms with van der Waals surface area (Å²) in [6, 6.07) is 16.6. The first kappa shape index (κ1) is 21.3. The first-order valence-electron chi connectivity index (χ1n) is 11.5. The van der Waals surface area contributed by atoms with Crippen LogP contribution in [0.25, 0.3) is 11.0 Å². The van der Waals surface area contributed by atoms with E-state index in [1.165, 1.54) is 6.33 Å². The third-order valence-corrected chi connectivity index (χ3v) is 6.26. The molecule has 2 atom stereocenters. The molecular formula is C26H23N5O4. The van der Waals surface area contributed by atoms with Gasteiger partial charge >= 0.3 is 0 Å². The topological polar surface area (TPSA) is 113 Å². The maximum atomic E-state index is 13.4. The summed E-state index contributed by atoms with van der Waals surface area (Å²) in [7, 11) is 0. The number of H-pyrrole nitrogens is 1. The molecule has 0 radical (unpaired) electrons. The fourth-order valence-electron chi connectivity index (χ4n) is 4.37. The molecule has 1 amide bonds. The van der Waals surface area contributed by atoms with Crippen molar-refractivity contribution in [2.75, 3.05) is 25.0 Å². The first-order valence-corrected chi connectivity index (χ1v) is 11.5. The fraction of sp³-hybridized carbons (Fsp3) is 0.231. The van der Waals surface area contributed by atoms with Crippen molar-refractivity contribution in [2.45, 2.75) is 18.6 Å². The number of benzene rings is 2. The van der Waals surface area contributed by atoms with E-state index in [1.54, 1.807) is 30.5 Å². The van der Waals surface area contributed by atoms with Crippen molar-refractivity contribution in [2.24, 2.45) is 0 Å². The number of para-hydroxylation sites is 1. The SMILES string of the molecule is O=C(c1ccc(Oc2ccccc2)cc1)c1c[nH]c2ncnc(NC3CCN(C(=O)C4CO4)C3)c12. The zero-order valence-electron chi connectivity index (χ0n) is 18.8. The summed E-state index contributed by atoms with van der Waals surface area (Å²) in [6.07, 6.45) is 3.63. The van der Waals surface area contributed by atoms with Crippen LogP contribution in [0.4, 0.5) is 5.82 Å². The molecule has 0 bridgehead atoms. The second kappa shape index (κ2) is 8.84. The van der Waals surface area contributed by atoms with E-state index in [9.17, 15) is 9.59 Å². The number of nitrogens with zero attached hydrogens (tertiary/aromatic N) is 3. The van der Waals surface area contributed by atoms with Crippen LogP contribution in [-0.2, 0) is 9.53 Å². The molecule has 2 aromatic heterocycles. The predicted molar refractivity (Wildman–Crippen MR) is 129 cm³/mol. The van der Waals surface area contributed by atoms with Gasteiger partial charge in [-0.05, 0) is 42.8 Å². The summed E-state index contributed by atoms with van der Waals surface area (Å²) in [4.78, 5) is 39.3. The lowest BCUT2D eigenvalue weighted by molar-refractivity contribution is -0.131. The maximum absolute atomic E-state index is 13.4. The van der Waals surface area contributed by atoms with Gasteiger partial charge in [0.25, 0.3) is 5.91 Å². The average Bonchev–Trinajstić information content (AvgIpc) is 3.48. The van der Waals surface area contributed by atoms with Crippen LogP contribution in [0, 0.1) is 0 Å². The van der Waals surface area contributed by atoms with Gasteiger partial charge in [-0.25, -0.2) is 9.97 Å². The van der Waals surface area contributed by atoms with Gasteiger partial charge in [-0.1, -0.05) is 18.2 Å². The smallest absolute Gasteiger partial charge is 0.254 e. The van der Waals surface area contributed by atoms with Crippen LogP contribution >= 0.6 is 0 Å². The number of anilines is 1. The van der Waals surface area contributed by atoms with E-state index in [0.29, 0.717) is 53.4 Å². The van der Waals surface area contributed by atoms with E-state index >= 15 is 0 Å². The lowest BCUT2D eigenvalue weighted by atomic mass is 10.0. The molecule has 2 unspecified atom stereocenters. The Bertz CT molecular complexity index is 1380. The van der Waals surface area contributed by atoms with Gasteiger partial charge in [0.15, 0.2) is 11.9 Å². The number of ether oxygens (including phenoxy) is 2. The van der Waals surface area contributed by atoms with Crippen LogP contribution in [0.2, 0.25) is 0 Å². The predicted octanol–water partition coefficient (Wildman–Crippen LogP) is 3.39. The molecule has 2 N–H and O–H groups in total. The summed E-state index contributed by atoms with van der Waals surface area (Å²) < 4.78 is 11.0. The molecule has 4 heterocycles. The second-order valence-corrected chi connectivity index (χ2v) is 8.65. The molecule has 0 saturated carbocycles. The van der Waals surface area contributed by atoms with Gasteiger partial charge < -0.3 is 24.7 Å². The molecular weight excluding hydrogens is 446 g/mol. The number of carbonyl (C=O) groups is 2. The van der Waals surface area contributed by atoms with Crippen LogP contribution in [0.5, 0.6) is 11.5 Å². The van der Waals surface area contributed by atoms with Crippen molar-refractivity contribution >= 4 is 28.5 Å². The number of ketones is 1. The van der Waals surface area contributed by atoms with Crippen molar-refractivity contribution in [3.63, 3.8) is 0 Å². The summed E-state index contributed by atoms with van der Waals surface area (Å²) in [5.74, 6) is 1.85. The summed E-state index contributed by atoms with van der Waals surface area (Å²) in [5, 5.41) is 4.06. The number of carbonyl (C=O) groups excluding carboxylic acids is 2. The highest BCUT2D eigenvalue weighted by Gasteiger charge is 2.38. The van der Waals surface area contributed by atoms with Gasteiger partial charge in [0.2, 0.25) is 0 Å². The zero-order valence-corrected chi connectivity index (χ0v) is 18.8. The average molecular weight is 470 g/mol. The van der Waals surface area contributed by atoms with E-state index in [0.717, 1.165) is 12.2 Å². The monoisotopic (exact) mass is 469 g/mol. The minimum atomic E-state index is -0.280. The number of nitrogens with one attached hydrogen (secondary N) is 2. The number of aromatic nitrogens is 3. The number of epoxide rings is 1. The van der Waals surface area contributed by atoms with Crippen LogP contribution in [0.3, 0.4) is 0 Å². The van der Waals surface area contributed by atoms with Gasteiger partial charge in [0, 0.05) is 30.9 Å². The van der Waals surface area contributed by atoms with Gasteiger partial charge in [-0.2, -0.15) is 0 Å². The van der Waals surface area contributed by atoms with Crippen LogP contribution < -0.4 is 10.1 Å². The van der Waals surface area contributed by atoms with Crippen molar-refractivity contribution < 1.29 is 19.1 Å². The van der Waals surface area contributed by atoms with E-state index in [2.05, 4.69) is 20.3 Å². The molecule has 9 heteroatoms. The zero-order chi connectivity index (χ0) is 23.8. The summed E-state index contributed by atoms with van der Waals surface area (Å²) in [6.45, 7) is 1.75. The van der Waals surface area contributed by atoms with Gasteiger partial charge in [0.05, 0.1) is 17.6 Å². The highest BCUT2D eigenvalue weighted by Crippen LogP contribution is 2.29. The Labute approximate surface area is 201 Å². The standard InChI is InChI=1S/C26H23N5O4/c32-23(16-6-8-19(9-7-16)35-18-4-2-1-3-5-18)20-12-27-24-22(20)25(29-15-28-24)30-17-10-11-31(13-17)26(33)21-14-34-21/h1-9,12,15,17,21H,10-11,13-14H2,(H2,27,28,29,30). The van der Waals surface area contributed by atoms with Gasteiger partial charge in [0.1, 0.15) is 29.3 Å². The highest BCUT2D eigenvalue weighted by molar-refractivity contribution is 6.18. The maximum Gasteiger partial charge on any atom is 0.254 e. The van der Waals surface area contributed by atoms with E-state index < -0.39 is 0 Å². The normalized spacial score (nSPS) is 19.0. The summed E-state index contributed by atoms with van der Waals surface area (Å²) in [5.41, 5.74) is 1.59. The summed E-state index contributed by atoms with van der Waals surface area (Å²) >= 11 is 0. The Morgan fingerprint density at radius 2 is 1.83 bits per heavy atom.